The highest BCUT2D eigenvalue weighted by Crippen LogP contribution is 2.25. The van der Waals surface area contributed by atoms with E-state index in [0.29, 0.717) is 0 Å². The Morgan fingerprint density at radius 3 is 2.65 bits per heavy atom. The van der Waals surface area contributed by atoms with Crippen molar-refractivity contribution in [1.29, 1.82) is 0 Å². The first-order valence-corrected chi connectivity index (χ1v) is 6.09. The molecule has 1 N–H and O–H groups in total. The molecule has 1 aromatic rings. The summed E-state index contributed by atoms with van der Waals surface area (Å²) < 4.78 is 0. The van der Waals surface area contributed by atoms with E-state index >= 15 is 0 Å². The summed E-state index contributed by atoms with van der Waals surface area (Å²) in [7, 11) is 0. The lowest BCUT2D eigenvalue weighted by Gasteiger charge is -2.19. The van der Waals surface area contributed by atoms with E-state index in [2.05, 4.69) is 27.1 Å². The quantitative estimate of drug-likeness (QED) is 0.751. The lowest BCUT2D eigenvalue weighted by atomic mass is 10.3. The highest BCUT2D eigenvalue weighted by molar-refractivity contribution is 5.85. The Labute approximate surface area is 109 Å². The molecule has 96 valence electrons. The van der Waals surface area contributed by atoms with Gasteiger partial charge in [0.1, 0.15) is 6.33 Å². The van der Waals surface area contributed by atoms with Gasteiger partial charge in [-0.1, -0.05) is 6.92 Å². The van der Waals surface area contributed by atoms with Gasteiger partial charge in [-0.3, -0.25) is 4.90 Å². The van der Waals surface area contributed by atoms with E-state index in [1.165, 1.54) is 19.4 Å². The third-order valence-corrected chi connectivity index (χ3v) is 2.99. The monoisotopic (exact) mass is 256 g/mol. The van der Waals surface area contributed by atoms with Gasteiger partial charge in [-0.25, -0.2) is 9.97 Å². The zero-order valence-electron chi connectivity index (χ0n) is 10.3. The summed E-state index contributed by atoms with van der Waals surface area (Å²) in [5.41, 5.74) is 1.15. The summed E-state index contributed by atoms with van der Waals surface area (Å²) in [6.07, 6.45) is 8.06. The highest BCUT2D eigenvalue weighted by atomic mass is 35.5. The number of aromatic nitrogens is 2. The summed E-state index contributed by atoms with van der Waals surface area (Å²) in [4.78, 5) is 10.5. The van der Waals surface area contributed by atoms with Crippen molar-refractivity contribution in [2.45, 2.75) is 32.4 Å². The molecular formula is C12H21ClN4. The molecule has 0 spiro atoms. The number of likely N-dealkylation sites (N-methyl/N-ethyl adjacent to an activating group) is 1. The molecule has 4 nitrogen and oxygen atoms in total. The van der Waals surface area contributed by atoms with Crippen molar-refractivity contribution in [2.24, 2.45) is 0 Å². The van der Waals surface area contributed by atoms with Gasteiger partial charge < -0.3 is 5.32 Å². The fourth-order valence-electron chi connectivity index (χ4n) is 1.92. The molecule has 0 unspecified atom stereocenters. The molecule has 0 radical (unpaired) electrons. The minimum atomic E-state index is 0. The van der Waals surface area contributed by atoms with Crippen molar-refractivity contribution in [3.63, 3.8) is 0 Å². The second kappa shape index (κ2) is 7.58. The Bertz CT molecular complexity index is 303. The lowest BCUT2D eigenvalue weighted by Crippen LogP contribution is -2.33. The van der Waals surface area contributed by atoms with Crippen LogP contribution in [0.2, 0.25) is 0 Å². The normalized spacial score (nSPS) is 14.7. The van der Waals surface area contributed by atoms with Crippen LogP contribution in [-0.2, 0) is 6.54 Å². The predicted octanol–water partition coefficient (Wildman–Crippen LogP) is 1.47. The van der Waals surface area contributed by atoms with Crippen molar-refractivity contribution in [1.82, 2.24) is 20.2 Å². The van der Waals surface area contributed by atoms with E-state index in [9.17, 15) is 0 Å². The Kier molecular flexibility index (Phi) is 6.40. The highest BCUT2D eigenvalue weighted by Gasteiger charge is 2.26. The SMILES string of the molecule is CCN(CCNCc1cncnc1)C1CC1.Cl. The second-order valence-electron chi connectivity index (χ2n) is 4.28. The number of hydrogen-bond donors (Lipinski definition) is 1. The summed E-state index contributed by atoms with van der Waals surface area (Å²) >= 11 is 0. The zero-order chi connectivity index (χ0) is 11.2. The first-order chi connectivity index (χ1) is 7.90. The number of nitrogens with one attached hydrogen (secondary N) is 1. The number of halogens is 1. The van der Waals surface area contributed by atoms with E-state index < -0.39 is 0 Å². The van der Waals surface area contributed by atoms with E-state index in [0.717, 1.165) is 31.2 Å². The van der Waals surface area contributed by atoms with Gasteiger partial charge in [0.05, 0.1) is 0 Å². The molecule has 5 heteroatoms. The van der Waals surface area contributed by atoms with Gasteiger partial charge in [-0.05, 0) is 19.4 Å². The summed E-state index contributed by atoms with van der Waals surface area (Å²) in [6, 6.07) is 0.867. The zero-order valence-corrected chi connectivity index (χ0v) is 11.1. The average molecular weight is 257 g/mol. The maximum Gasteiger partial charge on any atom is 0.115 e. The molecular weight excluding hydrogens is 236 g/mol. The Morgan fingerprint density at radius 2 is 2.06 bits per heavy atom. The molecule has 0 saturated heterocycles. The van der Waals surface area contributed by atoms with Crippen molar-refractivity contribution in [2.75, 3.05) is 19.6 Å². The molecule has 2 rings (SSSR count). The largest absolute Gasteiger partial charge is 0.311 e. The van der Waals surface area contributed by atoms with Crippen LogP contribution in [0, 0.1) is 0 Å². The van der Waals surface area contributed by atoms with Crippen molar-refractivity contribution in [3.8, 4) is 0 Å². The maximum atomic E-state index is 3.99. The van der Waals surface area contributed by atoms with Crippen LogP contribution in [0.5, 0.6) is 0 Å². The van der Waals surface area contributed by atoms with Gasteiger partial charge in [0.15, 0.2) is 0 Å². The fraction of sp³-hybridized carbons (Fsp3) is 0.667. The first kappa shape index (κ1) is 14.4. The molecule has 0 aromatic carbocycles. The molecule has 1 fully saturated rings. The topological polar surface area (TPSA) is 41.0 Å². The van der Waals surface area contributed by atoms with Gasteiger partial charge in [0.25, 0.3) is 0 Å². The Morgan fingerprint density at radius 1 is 1.35 bits per heavy atom. The summed E-state index contributed by atoms with van der Waals surface area (Å²) in [5, 5.41) is 3.43. The van der Waals surface area contributed by atoms with E-state index in [1.54, 1.807) is 6.33 Å². The molecule has 0 bridgehead atoms. The molecule has 0 amide bonds. The van der Waals surface area contributed by atoms with Crippen LogP contribution in [0.4, 0.5) is 0 Å². The standard InChI is InChI=1S/C12H20N4.ClH/c1-2-16(12-3-4-12)6-5-13-7-11-8-14-10-15-9-11;/h8-10,12-13H,2-7H2,1H3;1H. The van der Waals surface area contributed by atoms with Crippen molar-refractivity contribution in [3.05, 3.63) is 24.3 Å². The molecule has 0 atom stereocenters. The van der Waals surface area contributed by atoms with E-state index in [4.69, 9.17) is 0 Å². The van der Waals surface area contributed by atoms with Crippen LogP contribution in [0.3, 0.4) is 0 Å². The minimum Gasteiger partial charge on any atom is -0.311 e. The van der Waals surface area contributed by atoms with Crippen LogP contribution in [-0.4, -0.2) is 40.5 Å². The summed E-state index contributed by atoms with van der Waals surface area (Å²) in [5.74, 6) is 0. The van der Waals surface area contributed by atoms with Crippen LogP contribution in [0.1, 0.15) is 25.3 Å². The molecule has 17 heavy (non-hydrogen) atoms. The van der Waals surface area contributed by atoms with Gasteiger partial charge in [0.2, 0.25) is 0 Å². The Balaban J connectivity index is 0.00000144. The molecule has 1 heterocycles. The lowest BCUT2D eigenvalue weighted by molar-refractivity contribution is 0.277. The minimum absolute atomic E-state index is 0. The number of nitrogens with zero attached hydrogens (tertiary/aromatic N) is 3. The van der Waals surface area contributed by atoms with E-state index in [1.807, 2.05) is 12.4 Å². The predicted molar refractivity (Wildman–Crippen MR) is 71.3 cm³/mol. The summed E-state index contributed by atoms with van der Waals surface area (Å²) in [6.45, 7) is 6.46. The molecule has 1 aliphatic rings. The van der Waals surface area contributed by atoms with Crippen LogP contribution >= 0.6 is 12.4 Å². The van der Waals surface area contributed by atoms with Crippen molar-refractivity contribution >= 4 is 12.4 Å². The van der Waals surface area contributed by atoms with Gasteiger partial charge in [-0.2, -0.15) is 0 Å². The van der Waals surface area contributed by atoms with Crippen LogP contribution in [0.15, 0.2) is 18.7 Å². The maximum absolute atomic E-state index is 3.99. The van der Waals surface area contributed by atoms with Gasteiger partial charge >= 0.3 is 0 Å². The molecule has 1 saturated carbocycles. The third kappa shape index (κ3) is 4.98. The Hall–Kier alpha value is -0.710. The van der Waals surface area contributed by atoms with Crippen LogP contribution in [0.25, 0.3) is 0 Å². The first-order valence-electron chi connectivity index (χ1n) is 6.09. The molecule has 0 aliphatic heterocycles. The molecule has 1 aromatic heterocycles. The number of rotatable bonds is 7. The smallest absolute Gasteiger partial charge is 0.115 e. The molecule has 1 aliphatic carbocycles. The van der Waals surface area contributed by atoms with E-state index in [-0.39, 0.29) is 12.4 Å². The average Bonchev–Trinajstić information content (AvgIpc) is 3.15. The van der Waals surface area contributed by atoms with Gasteiger partial charge in [0, 0.05) is 43.6 Å². The van der Waals surface area contributed by atoms with Gasteiger partial charge in [-0.15, -0.1) is 12.4 Å². The van der Waals surface area contributed by atoms with Crippen LogP contribution < -0.4 is 5.32 Å². The fourth-order valence-corrected chi connectivity index (χ4v) is 1.92. The number of hydrogen-bond acceptors (Lipinski definition) is 4. The third-order valence-electron chi connectivity index (χ3n) is 2.99. The second-order valence-corrected chi connectivity index (χ2v) is 4.28. The van der Waals surface area contributed by atoms with Crippen molar-refractivity contribution < 1.29 is 0 Å².